The Kier molecular flexibility index (Phi) is 3.25. The maximum Gasteiger partial charge on any atom is 0.128 e. The molecule has 0 N–H and O–H groups in total. The van der Waals surface area contributed by atoms with Crippen LogP contribution in [0.4, 0.5) is 8.78 Å². The molecule has 0 amide bonds. The van der Waals surface area contributed by atoms with Crippen molar-refractivity contribution in [2.75, 3.05) is 0 Å². The first-order valence-electron chi connectivity index (χ1n) is 5.93. The van der Waals surface area contributed by atoms with Crippen LogP contribution in [-0.4, -0.2) is 0 Å². The van der Waals surface area contributed by atoms with Crippen molar-refractivity contribution < 1.29 is 13.5 Å². The molecule has 0 bridgehead atoms. The van der Waals surface area contributed by atoms with E-state index in [9.17, 15) is 8.78 Å². The lowest BCUT2D eigenvalue weighted by atomic mass is 9.99. The number of fused-ring (bicyclic) bond motifs is 1. The predicted molar refractivity (Wildman–Crippen MR) is 69.0 cm³/mol. The van der Waals surface area contributed by atoms with Gasteiger partial charge in [-0.2, -0.15) is 0 Å². The maximum atomic E-state index is 13.7. The van der Waals surface area contributed by atoms with E-state index >= 15 is 0 Å². The van der Waals surface area contributed by atoms with Crippen molar-refractivity contribution >= 4 is 11.6 Å². The summed E-state index contributed by atoms with van der Waals surface area (Å²) < 4.78 is 32.2. The molecule has 0 aliphatic carbocycles. The van der Waals surface area contributed by atoms with Gasteiger partial charge in [0.1, 0.15) is 11.6 Å². The quantitative estimate of drug-likeness (QED) is 0.744. The molecule has 1 heterocycles. The second-order valence-corrected chi connectivity index (χ2v) is 4.99. The van der Waals surface area contributed by atoms with Crippen LogP contribution >= 0.6 is 11.6 Å². The van der Waals surface area contributed by atoms with Gasteiger partial charge in [-0.1, -0.05) is 18.2 Å². The highest BCUT2D eigenvalue weighted by molar-refractivity contribution is 6.22. The largest absolute Gasteiger partial charge is 0.372 e. The third-order valence-electron chi connectivity index (χ3n) is 3.27. The van der Waals surface area contributed by atoms with E-state index in [2.05, 4.69) is 0 Å². The zero-order valence-electron chi connectivity index (χ0n) is 10.00. The third-order valence-corrected chi connectivity index (χ3v) is 3.76. The van der Waals surface area contributed by atoms with Gasteiger partial charge in [0.05, 0.1) is 18.6 Å². The predicted octanol–water partition coefficient (Wildman–Crippen LogP) is 4.32. The summed E-state index contributed by atoms with van der Waals surface area (Å²) in [5.74, 6) is -0.996. The number of benzene rings is 2. The van der Waals surface area contributed by atoms with E-state index in [1.807, 2.05) is 18.2 Å². The molecule has 0 spiro atoms. The van der Waals surface area contributed by atoms with Gasteiger partial charge in [-0.15, -0.1) is 11.6 Å². The molecule has 2 aromatic carbocycles. The average molecular weight is 281 g/mol. The summed E-state index contributed by atoms with van der Waals surface area (Å²) >= 11 is 6.26. The van der Waals surface area contributed by atoms with E-state index in [1.165, 1.54) is 0 Å². The van der Waals surface area contributed by atoms with Crippen LogP contribution in [0.1, 0.15) is 27.6 Å². The molecule has 1 unspecified atom stereocenters. The van der Waals surface area contributed by atoms with Crippen molar-refractivity contribution in [3.63, 3.8) is 0 Å². The van der Waals surface area contributed by atoms with Gasteiger partial charge in [-0.25, -0.2) is 8.78 Å². The Balaban J connectivity index is 1.99. The van der Waals surface area contributed by atoms with E-state index in [4.69, 9.17) is 16.3 Å². The van der Waals surface area contributed by atoms with Gasteiger partial charge >= 0.3 is 0 Å². The van der Waals surface area contributed by atoms with Crippen molar-refractivity contribution in [3.8, 4) is 0 Å². The lowest BCUT2D eigenvalue weighted by Crippen LogP contribution is -1.99. The second kappa shape index (κ2) is 4.91. The molecular weight excluding hydrogens is 270 g/mol. The summed E-state index contributed by atoms with van der Waals surface area (Å²) in [7, 11) is 0. The summed E-state index contributed by atoms with van der Waals surface area (Å²) in [6.45, 7) is 1.13. The van der Waals surface area contributed by atoms with Crippen molar-refractivity contribution in [1.29, 1.82) is 0 Å². The third kappa shape index (κ3) is 2.36. The van der Waals surface area contributed by atoms with Crippen LogP contribution in [0.15, 0.2) is 36.4 Å². The minimum Gasteiger partial charge on any atom is -0.372 e. The van der Waals surface area contributed by atoms with Crippen molar-refractivity contribution in [1.82, 2.24) is 0 Å². The molecule has 98 valence electrons. The normalized spacial score (nSPS) is 15.3. The van der Waals surface area contributed by atoms with Gasteiger partial charge in [-0.05, 0) is 34.9 Å². The number of hydrogen-bond donors (Lipinski definition) is 0. The Morgan fingerprint density at radius 1 is 1.00 bits per heavy atom. The van der Waals surface area contributed by atoms with E-state index < -0.39 is 17.0 Å². The highest BCUT2D eigenvalue weighted by Gasteiger charge is 2.19. The van der Waals surface area contributed by atoms with Gasteiger partial charge in [0.25, 0.3) is 0 Å². The fourth-order valence-corrected chi connectivity index (χ4v) is 2.54. The number of halogens is 3. The first-order chi connectivity index (χ1) is 9.15. The van der Waals surface area contributed by atoms with Gasteiger partial charge in [0.15, 0.2) is 0 Å². The molecule has 0 fully saturated rings. The molecule has 0 radical (unpaired) electrons. The second-order valence-electron chi connectivity index (χ2n) is 4.55. The van der Waals surface area contributed by atoms with Crippen LogP contribution in [0.2, 0.25) is 0 Å². The Bertz CT molecular complexity index is 628. The molecule has 4 heteroatoms. The molecular formula is C15H11ClF2O. The molecule has 1 atom stereocenters. The summed E-state index contributed by atoms with van der Waals surface area (Å²) in [6.07, 6.45) is 0. The Labute approximate surface area is 114 Å². The van der Waals surface area contributed by atoms with Crippen molar-refractivity contribution in [2.45, 2.75) is 18.6 Å². The SMILES string of the molecule is Fc1ccc(F)c(C(Cl)c2ccc3c(c2)COC3)c1. The van der Waals surface area contributed by atoms with Crippen LogP contribution < -0.4 is 0 Å². The Morgan fingerprint density at radius 2 is 1.79 bits per heavy atom. The van der Waals surface area contributed by atoms with Gasteiger partial charge in [0, 0.05) is 5.56 Å². The Hall–Kier alpha value is -1.45. The lowest BCUT2D eigenvalue weighted by molar-refractivity contribution is 0.134. The number of rotatable bonds is 2. The highest BCUT2D eigenvalue weighted by atomic mass is 35.5. The van der Waals surface area contributed by atoms with Gasteiger partial charge in [0.2, 0.25) is 0 Å². The molecule has 0 saturated carbocycles. The molecule has 1 aliphatic heterocycles. The number of hydrogen-bond acceptors (Lipinski definition) is 1. The monoisotopic (exact) mass is 280 g/mol. The Morgan fingerprint density at radius 3 is 2.63 bits per heavy atom. The zero-order valence-corrected chi connectivity index (χ0v) is 10.8. The van der Waals surface area contributed by atoms with Crippen molar-refractivity contribution in [3.05, 3.63) is 70.3 Å². The van der Waals surface area contributed by atoms with Crippen LogP contribution in [0.3, 0.4) is 0 Å². The van der Waals surface area contributed by atoms with E-state index in [0.29, 0.717) is 13.2 Å². The lowest BCUT2D eigenvalue weighted by Gasteiger charge is -2.12. The van der Waals surface area contributed by atoms with Crippen molar-refractivity contribution in [2.24, 2.45) is 0 Å². The minimum atomic E-state index is -0.707. The van der Waals surface area contributed by atoms with Gasteiger partial charge in [-0.3, -0.25) is 0 Å². The molecule has 1 aliphatic rings. The summed E-state index contributed by atoms with van der Waals surface area (Å²) in [4.78, 5) is 0. The average Bonchev–Trinajstić information content (AvgIpc) is 2.88. The summed E-state index contributed by atoms with van der Waals surface area (Å²) in [5, 5.41) is -0.707. The maximum absolute atomic E-state index is 13.7. The molecule has 0 aromatic heterocycles. The first kappa shape index (κ1) is 12.6. The minimum absolute atomic E-state index is 0.153. The van der Waals surface area contributed by atoms with Crippen LogP contribution in [0.5, 0.6) is 0 Å². The van der Waals surface area contributed by atoms with E-state index in [0.717, 1.165) is 34.9 Å². The highest BCUT2D eigenvalue weighted by Crippen LogP contribution is 2.33. The topological polar surface area (TPSA) is 9.23 Å². The summed E-state index contributed by atoms with van der Waals surface area (Å²) in [6, 6.07) is 8.95. The fourth-order valence-electron chi connectivity index (χ4n) is 2.24. The first-order valence-corrected chi connectivity index (χ1v) is 6.37. The standard InChI is InChI=1S/C15H11ClF2O/c16-15(13-6-12(17)3-4-14(13)18)9-1-2-10-7-19-8-11(10)5-9/h1-6,15H,7-8H2. The van der Waals surface area contributed by atoms with Crippen LogP contribution in [0.25, 0.3) is 0 Å². The zero-order chi connectivity index (χ0) is 13.4. The summed E-state index contributed by atoms with van der Waals surface area (Å²) in [5.41, 5.74) is 3.07. The number of ether oxygens (including phenoxy) is 1. The van der Waals surface area contributed by atoms with Crippen LogP contribution in [0, 0.1) is 11.6 Å². The van der Waals surface area contributed by atoms with E-state index in [1.54, 1.807) is 0 Å². The molecule has 2 aromatic rings. The molecule has 0 saturated heterocycles. The smallest absolute Gasteiger partial charge is 0.128 e. The van der Waals surface area contributed by atoms with Gasteiger partial charge < -0.3 is 4.74 Å². The molecule has 1 nitrogen and oxygen atoms in total. The van der Waals surface area contributed by atoms with Crippen LogP contribution in [-0.2, 0) is 18.0 Å². The fraction of sp³-hybridized carbons (Fsp3) is 0.200. The van der Waals surface area contributed by atoms with E-state index in [-0.39, 0.29) is 5.56 Å². The number of alkyl halides is 1. The molecule has 19 heavy (non-hydrogen) atoms. The molecule has 3 rings (SSSR count).